The molecule has 2 heterocycles. The summed E-state index contributed by atoms with van der Waals surface area (Å²) < 4.78 is 34.3. The molecule has 1 saturated heterocycles. The Hall–Kier alpha value is -2.79. The smallest absolute Gasteiger partial charge is 0.495 e. The molecule has 11 heteroatoms. The highest BCUT2D eigenvalue weighted by Gasteiger charge is 2.52. The van der Waals surface area contributed by atoms with Gasteiger partial charge in [0.2, 0.25) is 5.82 Å². The zero-order valence-electron chi connectivity index (χ0n) is 22.4. The van der Waals surface area contributed by atoms with Crippen LogP contribution in [-0.4, -0.2) is 54.0 Å². The maximum Gasteiger partial charge on any atom is 0.495 e. The summed E-state index contributed by atoms with van der Waals surface area (Å²) in [5.74, 6) is 0.196. The molecule has 192 valence electrons. The molecule has 10 nitrogen and oxygen atoms in total. The SMILES string of the molecule is COc1cc(B2OC(C)(C)C(C)(C)O2)cc2onc(N(C(=O)OC(C)(C)C)C(=O)OC(C)(C)C)c12. The van der Waals surface area contributed by atoms with E-state index in [0.29, 0.717) is 21.5 Å². The van der Waals surface area contributed by atoms with Gasteiger partial charge in [0.05, 0.1) is 18.3 Å². The van der Waals surface area contributed by atoms with Crippen molar-refractivity contribution in [3.05, 3.63) is 12.1 Å². The molecule has 1 fully saturated rings. The van der Waals surface area contributed by atoms with Gasteiger partial charge in [-0.1, -0.05) is 5.16 Å². The van der Waals surface area contributed by atoms with Crippen molar-refractivity contribution in [1.29, 1.82) is 0 Å². The molecule has 1 aliphatic rings. The lowest BCUT2D eigenvalue weighted by Gasteiger charge is -2.32. The Morgan fingerprint density at radius 3 is 1.83 bits per heavy atom. The third-order valence-corrected chi connectivity index (χ3v) is 5.65. The zero-order valence-corrected chi connectivity index (χ0v) is 22.4. The van der Waals surface area contributed by atoms with Crippen LogP contribution >= 0.6 is 0 Å². The van der Waals surface area contributed by atoms with Gasteiger partial charge >= 0.3 is 19.3 Å². The van der Waals surface area contributed by atoms with E-state index < -0.39 is 41.7 Å². The third kappa shape index (κ3) is 5.56. The summed E-state index contributed by atoms with van der Waals surface area (Å²) in [4.78, 5) is 26.9. The van der Waals surface area contributed by atoms with E-state index >= 15 is 0 Å². The van der Waals surface area contributed by atoms with Crippen molar-refractivity contribution in [3.63, 3.8) is 0 Å². The van der Waals surface area contributed by atoms with E-state index in [2.05, 4.69) is 5.16 Å². The Balaban J connectivity index is 2.11. The van der Waals surface area contributed by atoms with E-state index in [0.717, 1.165) is 0 Å². The Labute approximate surface area is 206 Å². The third-order valence-electron chi connectivity index (χ3n) is 5.65. The molecule has 1 aromatic carbocycles. The number of carbonyl (C=O) groups excluding carboxylic acids is 2. The maximum atomic E-state index is 13.1. The van der Waals surface area contributed by atoms with E-state index in [1.807, 2.05) is 27.7 Å². The molecule has 0 bridgehead atoms. The summed E-state index contributed by atoms with van der Waals surface area (Å²) >= 11 is 0. The van der Waals surface area contributed by atoms with Crippen molar-refractivity contribution >= 4 is 41.6 Å². The second-order valence-electron chi connectivity index (χ2n) is 11.5. The van der Waals surface area contributed by atoms with Crippen molar-refractivity contribution in [1.82, 2.24) is 5.16 Å². The fourth-order valence-corrected chi connectivity index (χ4v) is 3.33. The summed E-state index contributed by atoms with van der Waals surface area (Å²) in [6.07, 6.45) is -1.92. The quantitative estimate of drug-likeness (QED) is 0.560. The molecular formula is C24H35BN2O8. The van der Waals surface area contributed by atoms with Gasteiger partial charge in [-0.2, -0.15) is 4.90 Å². The summed E-state index contributed by atoms with van der Waals surface area (Å²) in [5, 5.41) is 4.31. The number of ether oxygens (including phenoxy) is 3. The van der Waals surface area contributed by atoms with Gasteiger partial charge < -0.3 is 28.0 Å². The van der Waals surface area contributed by atoms with Gasteiger partial charge in [0.25, 0.3) is 0 Å². The number of hydrogen-bond acceptors (Lipinski definition) is 9. The number of methoxy groups -OCH3 is 1. The van der Waals surface area contributed by atoms with Gasteiger partial charge in [-0.3, -0.25) is 0 Å². The highest BCUT2D eigenvalue weighted by Crippen LogP contribution is 2.39. The normalized spacial score (nSPS) is 17.4. The summed E-state index contributed by atoms with van der Waals surface area (Å²) in [7, 11) is 0.782. The minimum atomic E-state index is -0.959. The molecule has 0 spiro atoms. The number of fused-ring (bicyclic) bond motifs is 1. The number of carbonyl (C=O) groups is 2. The number of benzene rings is 1. The van der Waals surface area contributed by atoms with Crippen LogP contribution in [-0.2, 0) is 18.8 Å². The standard InChI is InChI=1S/C24H35BN2O8/c1-21(2,3)31-19(28)27(20(29)32-22(4,5)6)18-17-15(30-11)12-14(13-16(17)33-26-18)25-34-23(7,8)24(9,10)35-25/h12-13H,1-11H3. The van der Waals surface area contributed by atoms with Crippen LogP contribution in [0.15, 0.2) is 16.7 Å². The van der Waals surface area contributed by atoms with E-state index in [4.69, 9.17) is 28.0 Å². The molecule has 0 unspecified atom stereocenters. The maximum absolute atomic E-state index is 13.1. The van der Waals surface area contributed by atoms with Gasteiger partial charge in [-0.25, -0.2) is 9.59 Å². The highest BCUT2D eigenvalue weighted by molar-refractivity contribution is 6.62. The van der Waals surface area contributed by atoms with Crippen molar-refractivity contribution < 1.29 is 37.6 Å². The first kappa shape index (κ1) is 26.8. The van der Waals surface area contributed by atoms with Crippen molar-refractivity contribution in [3.8, 4) is 5.75 Å². The number of imide groups is 1. The van der Waals surface area contributed by atoms with Gasteiger partial charge in [-0.15, -0.1) is 0 Å². The van der Waals surface area contributed by atoms with Gasteiger partial charge in [0.15, 0.2) is 5.58 Å². The van der Waals surface area contributed by atoms with Gasteiger partial charge in [0, 0.05) is 0 Å². The Bertz CT molecular complexity index is 1080. The van der Waals surface area contributed by atoms with Gasteiger partial charge in [-0.05, 0) is 86.8 Å². The molecule has 0 aliphatic carbocycles. The van der Waals surface area contributed by atoms with Crippen molar-refractivity contribution in [2.24, 2.45) is 0 Å². The topological polar surface area (TPSA) is 110 Å². The monoisotopic (exact) mass is 490 g/mol. The zero-order chi connectivity index (χ0) is 26.6. The Kier molecular flexibility index (Phi) is 6.67. The van der Waals surface area contributed by atoms with Crippen LogP contribution < -0.4 is 15.1 Å². The fraction of sp³-hybridized carbons (Fsp3) is 0.625. The lowest BCUT2D eigenvalue weighted by atomic mass is 9.78. The molecule has 2 amide bonds. The summed E-state index contributed by atoms with van der Waals surface area (Å²) in [6.45, 7) is 18.0. The number of aromatic nitrogens is 1. The summed E-state index contributed by atoms with van der Waals surface area (Å²) in [6, 6.07) is 3.38. The lowest BCUT2D eigenvalue weighted by Crippen LogP contribution is -2.44. The van der Waals surface area contributed by atoms with Crippen molar-refractivity contribution in [2.45, 2.75) is 91.6 Å². The molecule has 0 saturated carbocycles. The van der Waals surface area contributed by atoms with Crippen LogP contribution in [0, 0.1) is 0 Å². The average molecular weight is 490 g/mol. The van der Waals surface area contributed by atoms with Crippen LogP contribution in [0.2, 0.25) is 0 Å². The molecule has 3 rings (SSSR count). The number of amides is 2. The highest BCUT2D eigenvalue weighted by atomic mass is 16.7. The summed E-state index contributed by atoms with van der Waals surface area (Å²) in [5.41, 5.74) is -1.93. The first-order chi connectivity index (χ1) is 15.9. The average Bonchev–Trinajstić information content (AvgIpc) is 3.16. The minimum Gasteiger partial charge on any atom is -0.496 e. The first-order valence-corrected chi connectivity index (χ1v) is 11.4. The molecule has 0 atom stereocenters. The van der Waals surface area contributed by atoms with E-state index in [9.17, 15) is 9.59 Å². The molecule has 0 radical (unpaired) electrons. The predicted molar refractivity (Wildman–Crippen MR) is 131 cm³/mol. The van der Waals surface area contributed by atoms with Crippen LogP contribution in [0.4, 0.5) is 15.4 Å². The molecule has 1 aromatic heterocycles. The number of anilines is 1. The van der Waals surface area contributed by atoms with Crippen molar-refractivity contribution in [2.75, 3.05) is 12.0 Å². The van der Waals surface area contributed by atoms with E-state index in [1.165, 1.54) is 7.11 Å². The molecular weight excluding hydrogens is 455 g/mol. The van der Waals surface area contributed by atoms with Crippen LogP contribution in [0.1, 0.15) is 69.2 Å². The molecule has 1 aliphatic heterocycles. The molecule has 0 N–H and O–H groups in total. The first-order valence-electron chi connectivity index (χ1n) is 11.4. The minimum absolute atomic E-state index is 0.110. The number of rotatable bonds is 3. The Morgan fingerprint density at radius 1 is 0.914 bits per heavy atom. The van der Waals surface area contributed by atoms with Crippen LogP contribution in [0.3, 0.4) is 0 Å². The van der Waals surface area contributed by atoms with E-state index in [1.54, 1.807) is 53.7 Å². The second kappa shape index (κ2) is 8.71. The van der Waals surface area contributed by atoms with Crippen LogP contribution in [0.25, 0.3) is 11.0 Å². The number of hydrogen-bond donors (Lipinski definition) is 0. The van der Waals surface area contributed by atoms with Gasteiger partial charge in [0.1, 0.15) is 22.3 Å². The van der Waals surface area contributed by atoms with E-state index in [-0.39, 0.29) is 11.4 Å². The molecule has 35 heavy (non-hydrogen) atoms. The number of nitrogens with zero attached hydrogens (tertiary/aromatic N) is 2. The largest absolute Gasteiger partial charge is 0.496 e. The predicted octanol–water partition coefficient (Wildman–Crippen LogP) is 4.81. The fourth-order valence-electron chi connectivity index (χ4n) is 3.33. The van der Waals surface area contributed by atoms with Crippen LogP contribution in [0.5, 0.6) is 5.75 Å². The Morgan fingerprint density at radius 2 is 1.40 bits per heavy atom. The molecule has 2 aromatic rings. The second-order valence-corrected chi connectivity index (χ2v) is 11.5. The lowest BCUT2D eigenvalue weighted by molar-refractivity contribution is 0.00578.